The van der Waals surface area contributed by atoms with Gasteiger partial charge in [0.2, 0.25) is 0 Å². The van der Waals surface area contributed by atoms with Gasteiger partial charge in [-0.05, 0) is 51.1 Å². The van der Waals surface area contributed by atoms with Crippen LogP contribution >= 0.6 is 11.8 Å². The normalized spacial score (nSPS) is 12.2. The molecular weight excluding hydrogens is 310 g/mol. The minimum Gasteiger partial charge on any atom is -0.396 e. The summed E-state index contributed by atoms with van der Waals surface area (Å²) >= 11 is 1.57. The predicted molar refractivity (Wildman–Crippen MR) is 92.9 cm³/mol. The lowest BCUT2D eigenvalue weighted by Crippen LogP contribution is -2.36. The van der Waals surface area contributed by atoms with Crippen molar-refractivity contribution >= 4 is 17.7 Å². The number of benzene rings is 1. The van der Waals surface area contributed by atoms with Gasteiger partial charge in [-0.15, -0.1) is 11.8 Å². The van der Waals surface area contributed by atoms with Crippen molar-refractivity contribution in [3.63, 3.8) is 0 Å². The van der Waals surface area contributed by atoms with Gasteiger partial charge in [0.1, 0.15) is 0 Å². The summed E-state index contributed by atoms with van der Waals surface area (Å²) in [5.74, 6) is 0.573. The maximum absolute atomic E-state index is 12.3. The number of nitrogens with zero attached hydrogens (tertiary/aromatic N) is 2. The van der Waals surface area contributed by atoms with Crippen molar-refractivity contribution in [1.29, 1.82) is 0 Å². The Hall–Kier alpha value is -1.79. The molecular formula is C17H23N3O2S. The first-order valence-corrected chi connectivity index (χ1v) is 8.64. The molecule has 1 atom stereocenters. The van der Waals surface area contributed by atoms with E-state index in [0.717, 1.165) is 16.3 Å². The molecule has 0 radical (unpaired) electrons. The molecule has 1 heterocycles. The van der Waals surface area contributed by atoms with E-state index in [-0.39, 0.29) is 18.6 Å². The van der Waals surface area contributed by atoms with E-state index in [1.165, 1.54) is 0 Å². The van der Waals surface area contributed by atoms with Crippen molar-refractivity contribution in [2.24, 2.45) is 0 Å². The van der Waals surface area contributed by atoms with E-state index in [4.69, 9.17) is 5.11 Å². The highest BCUT2D eigenvalue weighted by Gasteiger charge is 2.12. The largest absolute Gasteiger partial charge is 0.396 e. The maximum Gasteiger partial charge on any atom is 0.251 e. The Kier molecular flexibility index (Phi) is 6.24. The van der Waals surface area contributed by atoms with E-state index >= 15 is 0 Å². The molecule has 5 nitrogen and oxygen atoms in total. The zero-order chi connectivity index (χ0) is 16.8. The molecule has 2 aromatic rings. The highest BCUT2D eigenvalue weighted by atomic mass is 32.2. The average molecular weight is 333 g/mol. The lowest BCUT2D eigenvalue weighted by molar-refractivity contribution is 0.0935. The Bertz CT molecular complexity index is 652. The van der Waals surface area contributed by atoms with Gasteiger partial charge in [0, 0.05) is 27.9 Å². The predicted octanol–water partition coefficient (Wildman–Crippen LogP) is 2.40. The molecule has 0 aliphatic rings. The molecule has 2 rings (SSSR count). The molecule has 0 aliphatic heterocycles. The minimum absolute atomic E-state index is 0.0102. The number of rotatable bonds is 7. The van der Waals surface area contributed by atoms with Gasteiger partial charge in [-0.1, -0.05) is 0 Å². The van der Waals surface area contributed by atoms with Gasteiger partial charge in [-0.3, -0.25) is 9.48 Å². The quantitative estimate of drug-likeness (QED) is 0.764. The molecule has 1 aromatic heterocycles. The lowest BCUT2D eigenvalue weighted by atomic mass is 10.2. The molecule has 1 aromatic carbocycles. The van der Waals surface area contributed by atoms with Crippen LogP contribution in [0.1, 0.15) is 28.7 Å². The Balaban J connectivity index is 1.91. The van der Waals surface area contributed by atoms with E-state index in [1.54, 1.807) is 11.8 Å². The van der Waals surface area contributed by atoms with Gasteiger partial charge >= 0.3 is 0 Å². The van der Waals surface area contributed by atoms with Crippen LogP contribution in [-0.4, -0.2) is 39.2 Å². The summed E-state index contributed by atoms with van der Waals surface area (Å²) in [6, 6.07) is 9.44. The Morgan fingerprint density at radius 2 is 2.04 bits per heavy atom. The third kappa shape index (κ3) is 5.11. The molecule has 0 aliphatic carbocycles. The number of aliphatic hydroxyl groups excluding tert-OH is 1. The molecule has 124 valence electrons. The van der Waals surface area contributed by atoms with Crippen molar-refractivity contribution in [2.45, 2.75) is 38.3 Å². The van der Waals surface area contributed by atoms with Crippen LogP contribution in [0, 0.1) is 13.8 Å². The summed E-state index contributed by atoms with van der Waals surface area (Å²) in [7, 11) is 0. The van der Waals surface area contributed by atoms with E-state index < -0.39 is 0 Å². The van der Waals surface area contributed by atoms with Gasteiger partial charge in [0.25, 0.3) is 5.91 Å². The number of hydrogen-bond donors (Lipinski definition) is 2. The van der Waals surface area contributed by atoms with Crippen LogP contribution in [0.2, 0.25) is 0 Å². The third-order valence-electron chi connectivity index (χ3n) is 3.40. The van der Waals surface area contributed by atoms with Gasteiger partial charge in [-0.25, -0.2) is 0 Å². The Morgan fingerprint density at radius 1 is 1.35 bits per heavy atom. The third-order valence-corrected chi connectivity index (χ3v) is 4.40. The van der Waals surface area contributed by atoms with Crippen LogP contribution in [-0.2, 0) is 6.54 Å². The van der Waals surface area contributed by atoms with Crippen molar-refractivity contribution in [3.05, 3.63) is 47.3 Å². The number of aryl methyl sites for hydroxylation is 2. The fourth-order valence-corrected chi connectivity index (χ4v) is 2.99. The Morgan fingerprint density at radius 3 is 2.61 bits per heavy atom. The lowest BCUT2D eigenvalue weighted by Gasteiger charge is -2.15. The first-order chi connectivity index (χ1) is 11.0. The molecule has 2 N–H and O–H groups in total. The van der Waals surface area contributed by atoms with Crippen LogP contribution in [0.3, 0.4) is 0 Å². The molecule has 1 amide bonds. The summed E-state index contributed by atoms with van der Waals surface area (Å²) < 4.78 is 1.91. The molecule has 0 fully saturated rings. The maximum atomic E-state index is 12.3. The number of hydrogen-bond acceptors (Lipinski definition) is 4. The van der Waals surface area contributed by atoms with Crippen molar-refractivity contribution in [1.82, 2.24) is 15.1 Å². The van der Waals surface area contributed by atoms with Crippen molar-refractivity contribution in [3.8, 4) is 0 Å². The second kappa shape index (κ2) is 8.17. The molecule has 23 heavy (non-hydrogen) atoms. The molecule has 6 heteroatoms. The molecule has 0 saturated heterocycles. The van der Waals surface area contributed by atoms with Gasteiger partial charge in [0.05, 0.1) is 18.8 Å². The van der Waals surface area contributed by atoms with Crippen molar-refractivity contribution in [2.75, 3.05) is 12.4 Å². The standard InChI is InChI=1S/C17H23N3O2S/c1-12-10-14(3)20(19-12)11-13(2)18-17(22)15-4-6-16(7-5-15)23-9-8-21/h4-7,10,13,21H,8-9,11H2,1-3H3,(H,18,22)/t13-/m0/s1. The van der Waals surface area contributed by atoms with Crippen LogP contribution in [0.25, 0.3) is 0 Å². The van der Waals surface area contributed by atoms with E-state index in [2.05, 4.69) is 10.4 Å². The second-order valence-electron chi connectivity index (χ2n) is 5.58. The van der Waals surface area contributed by atoms with Crippen LogP contribution in [0.15, 0.2) is 35.2 Å². The number of aliphatic hydroxyl groups is 1. The monoisotopic (exact) mass is 333 g/mol. The SMILES string of the molecule is Cc1cc(C)n(C[C@H](C)NC(=O)c2ccc(SCCO)cc2)n1. The van der Waals surface area contributed by atoms with Crippen LogP contribution in [0.5, 0.6) is 0 Å². The fraction of sp³-hybridized carbons (Fsp3) is 0.412. The van der Waals surface area contributed by atoms with Crippen LogP contribution < -0.4 is 5.32 Å². The minimum atomic E-state index is -0.0854. The molecule has 0 unspecified atom stereocenters. The smallest absolute Gasteiger partial charge is 0.251 e. The summed E-state index contributed by atoms with van der Waals surface area (Å²) in [6.45, 7) is 6.74. The number of aromatic nitrogens is 2. The van der Waals surface area contributed by atoms with Crippen LogP contribution in [0.4, 0.5) is 0 Å². The highest BCUT2D eigenvalue weighted by Crippen LogP contribution is 2.17. The summed E-state index contributed by atoms with van der Waals surface area (Å²) in [4.78, 5) is 13.3. The summed E-state index contributed by atoms with van der Waals surface area (Å²) in [5.41, 5.74) is 2.71. The number of amides is 1. The summed E-state index contributed by atoms with van der Waals surface area (Å²) in [6.07, 6.45) is 0. The molecule has 0 spiro atoms. The van der Waals surface area contributed by atoms with Gasteiger partial charge in [-0.2, -0.15) is 5.10 Å². The number of nitrogens with one attached hydrogen (secondary N) is 1. The first-order valence-electron chi connectivity index (χ1n) is 7.65. The number of carbonyl (C=O) groups excluding carboxylic acids is 1. The highest BCUT2D eigenvalue weighted by molar-refractivity contribution is 7.99. The zero-order valence-corrected chi connectivity index (χ0v) is 14.6. The molecule has 0 bridgehead atoms. The summed E-state index contributed by atoms with van der Waals surface area (Å²) in [5, 5.41) is 16.2. The fourth-order valence-electron chi connectivity index (χ4n) is 2.34. The van der Waals surface area contributed by atoms with E-state index in [1.807, 2.05) is 55.8 Å². The van der Waals surface area contributed by atoms with Gasteiger partial charge in [0.15, 0.2) is 0 Å². The number of carbonyl (C=O) groups is 1. The van der Waals surface area contributed by atoms with Gasteiger partial charge < -0.3 is 10.4 Å². The topological polar surface area (TPSA) is 67.2 Å². The average Bonchev–Trinajstić information content (AvgIpc) is 2.83. The second-order valence-corrected chi connectivity index (χ2v) is 6.75. The van der Waals surface area contributed by atoms with Crippen molar-refractivity contribution < 1.29 is 9.90 Å². The molecule has 0 saturated carbocycles. The first kappa shape index (κ1) is 17.6. The van der Waals surface area contributed by atoms with E-state index in [9.17, 15) is 4.79 Å². The van der Waals surface area contributed by atoms with E-state index in [0.29, 0.717) is 17.9 Å². The zero-order valence-electron chi connectivity index (χ0n) is 13.7. The number of thioether (sulfide) groups is 1. The Labute approximate surface area is 141 Å².